The number of hydrogen-bond donors (Lipinski definition) is 1. The standard InChI is InChI=1S/C21H23ClN2O2/c1-24(18-12-16-7-8-17(13-18)23-16)21(25)14-5-9-19(10-6-14)26-20-4-2-3-15(22)11-20/h2-6,9-11,16-18,23H,7-8,12-13H2,1H3. The van der Waals surface area contributed by atoms with Gasteiger partial charge >= 0.3 is 0 Å². The Morgan fingerprint density at radius 1 is 1.08 bits per heavy atom. The molecule has 1 amide bonds. The van der Waals surface area contributed by atoms with E-state index in [1.165, 1.54) is 12.8 Å². The lowest BCUT2D eigenvalue weighted by Crippen LogP contribution is -2.48. The van der Waals surface area contributed by atoms with Crippen LogP contribution in [0.25, 0.3) is 0 Å². The first-order chi connectivity index (χ1) is 12.6. The zero-order valence-electron chi connectivity index (χ0n) is 14.8. The number of piperidine rings is 1. The molecule has 0 aromatic heterocycles. The van der Waals surface area contributed by atoms with Gasteiger partial charge in [0, 0.05) is 35.8 Å². The maximum absolute atomic E-state index is 12.8. The molecule has 2 aliphatic heterocycles. The molecule has 2 fully saturated rings. The van der Waals surface area contributed by atoms with Crippen molar-refractivity contribution in [1.82, 2.24) is 10.2 Å². The summed E-state index contributed by atoms with van der Waals surface area (Å²) < 4.78 is 5.79. The summed E-state index contributed by atoms with van der Waals surface area (Å²) >= 11 is 5.98. The highest BCUT2D eigenvalue weighted by Crippen LogP contribution is 2.30. The monoisotopic (exact) mass is 370 g/mol. The molecule has 0 saturated carbocycles. The molecule has 136 valence electrons. The maximum Gasteiger partial charge on any atom is 0.253 e. The molecule has 0 aliphatic carbocycles. The molecule has 4 rings (SSSR count). The number of fused-ring (bicyclic) bond motifs is 2. The van der Waals surface area contributed by atoms with E-state index in [0.717, 1.165) is 12.8 Å². The predicted octanol–water partition coefficient (Wildman–Crippen LogP) is 4.49. The predicted molar refractivity (Wildman–Crippen MR) is 103 cm³/mol. The number of halogens is 1. The van der Waals surface area contributed by atoms with Crippen molar-refractivity contribution in [2.24, 2.45) is 0 Å². The molecule has 2 saturated heterocycles. The van der Waals surface area contributed by atoms with Gasteiger partial charge in [0.15, 0.2) is 0 Å². The minimum absolute atomic E-state index is 0.0746. The Hall–Kier alpha value is -2.04. The van der Waals surface area contributed by atoms with Gasteiger partial charge in [0.2, 0.25) is 0 Å². The van der Waals surface area contributed by atoms with Crippen LogP contribution in [0.5, 0.6) is 11.5 Å². The minimum atomic E-state index is 0.0746. The molecule has 2 aliphatic rings. The van der Waals surface area contributed by atoms with E-state index in [1.54, 1.807) is 12.1 Å². The van der Waals surface area contributed by atoms with Gasteiger partial charge in [-0.15, -0.1) is 0 Å². The average Bonchev–Trinajstić information content (AvgIpc) is 2.99. The van der Waals surface area contributed by atoms with Crippen LogP contribution in [0.15, 0.2) is 48.5 Å². The summed E-state index contributed by atoms with van der Waals surface area (Å²) in [5, 5.41) is 4.26. The fourth-order valence-electron chi connectivity index (χ4n) is 4.05. The van der Waals surface area contributed by atoms with Crippen LogP contribution in [0, 0.1) is 0 Å². The topological polar surface area (TPSA) is 41.6 Å². The lowest BCUT2D eigenvalue weighted by molar-refractivity contribution is 0.0681. The van der Waals surface area contributed by atoms with Gasteiger partial charge in [-0.1, -0.05) is 17.7 Å². The number of rotatable bonds is 4. The maximum atomic E-state index is 12.8. The molecular formula is C21H23ClN2O2. The van der Waals surface area contributed by atoms with Crippen molar-refractivity contribution in [2.45, 2.75) is 43.8 Å². The molecule has 1 N–H and O–H groups in total. The first-order valence-electron chi connectivity index (χ1n) is 9.15. The smallest absolute Gasteiger partial charge is 0.253 e. The van der Waals surface area contributed by atoms with Crippen molar-refractivity contribution >= 4 is 17.5 Å². The van der Waals surface area contributed by atoms with Gasteiger partial charge in [0.25, 0.3) is 5.91 Å². The molecule has 2 bridgehead atoms. The van der Waals surface area contributed by atoms with E-state index in [1.807, 2.05) is 48.3 Å². The summed E-state index contributed by atoms with van der Waals surface area (Å²) in [6.45, 7) is 0. The third kappa shape index (κ3) is 3.71. The molecule has 2 aromatic rings. The van der Waals surface area contributed by atoms with Crippen molar-refractivity contribution in [1.29, 1.82) is 0 Å². The van der Waals surface area contributed by atoms with Crippen LogP contribution in [0.1, 0.15) is 36.0 Å². The van der Waals surface area contributed by atoms with Crippen LogP contribution in [-0.4, -0.2) is 36.0 Å². The summed E-state index contributed by atoms with van der Waals surface area (Å²) in [4.78, 5) is 14.8. The van der Waals surface area contributed by atoms with E-state index >= 15 is 0 Å². The summed E-state index contributed by atoms with van der Waals surface area (Å²) in [7, 11) is 1.92. The number of amides is 1. The quantitative estimate of drug-likeness (QED) is 0.862. The number of nitrogens with zero attached hydrogens (tertiary/aromatic N) is 1. The second kappa shape index (κ2) is 7.29. The van der Waals surface area contributed by atoms with Gasteiger partial charge in [-0.25, -0.2) is 0 Å². The van der Waals surface area contributed by atoms with E-state index in [-0.39, 0.29) is 5.91 Å². The van der Waals surface area contributed by atoms with Crippen LogP contribution in [0.2, 0.25) is 5.02 Å². The van der Waals surface area contributed by atoms with E-state index < -0.39 is 0 Å². The van der Waals surface area contributed by atoms with E-state index in [2.05, 4.69) is 5.32 Å². The fourth-order valence-corrected chi connectivity index (χ4v) is 4.23. The number of ether oxygens (including phenoxy) is 1. The number of benzene rings is 2. The van der Waals surface area contributed by atoms with Crippen molar-refractivity contribution in [3.05, 3.63) is 59.1 Å². The van der Waals surface area contributed by atoms with Crippen molar-refractivity contribution < 1.29 is 9.53 Å². The summed E-state index contributed by atoms with van der Waals surface area (Å²) in [6.07, 6.45) is 4.57. The third-order valence-corrected chi connectivity index (χ3v) is 5.68. The highest BCUT2D eigenvalue weighted by molar-refractivity contribution is 6.30. The lowest BCUT2D eigenvalue weighted by atomic mass is 9.98. The third-order valence-electron chi connectivity index (χ3n) is 5.45. The summed E-state index contributed by atoms with van der Waals surface area (Å²) in [6, 6.07) is 16.0. The zero-order chi connectivity index (χ0) is 18.1. The largest absolute Gasteiger partial charge is 0.457 e. The fraction of sp³-hybridized carbons (Fsp3) is 0.381. The van der Waals surface area contributed by atoms with Gasteiger partial charge in [0.05, 0.1) is 0 Å². The van der Waals surface area contributed by atoms with E-state index in [9.17, 15) is 4.79 Å². The number of carbonyl (C=O) groups is 1. The Labute approximate surface area is 159 Å². The van der Waals surface area contributed by atoms with Gasteiger partial charge in [-0.05, 0) is 68.1 Å². The van der Waals surface area contributed by atoms with Gasteiger partial charge < -0.3 is 15.0 Å². The molecule has 4 nitrogen and oxygen atoms in total. The van der Waals surface area contributed by atoms with Crippen LogP contribution in [-0.2, 0) is 0 Å². The normalized spacial score (nSPS) is 24.3. The van der Waals surface area contributed by atoms with Crippen molar-refractivity contribution in [2.75, 3.05) is 7.05 Å². The first-order valence-corrected chi connectivity index (χ1v) is 9.53. The second-order valence-corrected chi connectivity index (χ2v) is 7.70. The van der Waals surface area contributed by atoms with Gasteiger partial charge in [-0.3, -0.25) is 4.79 Å². The molecule has 2 heterocycles. The minimum Gasteiger partial charge on any atom is -0.457 e. The Bertz CT molecular complexity index is 781. The first kappa shape index (κ1) is 17.4. The number of carbonyl (C=O) groups excluding carboxylic acids is 1. The molecule has 2 unspecified atom stereocenters. The molecule has 2 atom stereocenters. The summed E-state index contributed by atoms with van der Waals surface area (Å²) in [5.74, 6) is 1.44. The zero-order valence-corrected chi connectivity index (χ0v) is 15.6. The second-order valence-electron chi connectivity index (χ2n) is 7.26. The molecule has 0 radical (unpaired) electrons. The lowest BCUT2D eigenvalue weighted by Gasteiger charge is -2.35. The Morgan fingerprint density at radius 2 is 1.77 bits per heavy atom. The number of nitrogens with one attached hydrogen (secondary N) is 1. The summed E-state index contributed by atoms with van der Waals surface area (Å²) in [5.41, 5.74) is 0.692. The number of hydrogen-bond acceptors (Lipinski definition) is 3. The Kier molecular flexibility index (Phi) is 4.88. The van der Waals surface area contributed by atoms with Crippen molar-refractivity contribution in [3.8, 4) is 11.5 Å². The van der Waals surface area contributed by atoms with Crippen LogP contribution in [0.4, 0.5) is 0 Å². The van der Waals surface area contributed by atoms with E-state index in [0.29, 0.717) is 40.2 Å². The van der Waals surface area contributed by atoms with Crippen LogP contribution in [0.3, 0.4) is 0 Å². The molecule has 2 aromatic carbocycles. The van der Waals surface area contributed by atoms with Crippen molar-refractivity contribution in [3.63, 3.8) is 0 Å². The Morgan fingerprint density at radius 3 is 2.42 bits per heavy atom. The van der Waals surface area contributed by atoms with E-state index in [4.69, 9.17) is 16.3 Å². The highest BCUT2D eigenvalue weighted by atomic mass is 35.5. The molecule has 26 heavy (non-hydrogen) atoms. The molecule has 0 spiro atoms. The Balaban J connectivity index is 1.42. The van der Waals surface area contributed by atoms with Gasteiger partial charge in [0.1, 0.15) is 11.5 Å². The SMILES string of the molecule is CN(C(=O)c1ccc(Oc2cccc(Cl)c2)cc1)C1CC2CCC(C1)N2. The van der Waals surface area contributed by atoms with Crippen LogP contribution >= 0.6 is 11.6 Å². The highest BCUT2D eigenvalue weighted by Gasteiger charge is 2.36. The van der Waals surface area contributed by atoms with Gasteiger partial charge in [-0.2, -0.15) is 0 Å². The molecule has 5 heteroatoms. The van der Waals surface area contributed by atoms with Crippen LogP contribution < -0.4 is 10.1 Å². The average molecular weight is 371 g/mol. The molecular weight excluding hydrogens is 348 g/mol.